The van der Waals surface area contributed by atoms with E-state index in [1.807, 2.05) is 13.8 Å². The summed E-state index contributed by atoms with van der Waals surface area (Å²) in [7, 11) is 1.40. The van der Waals surface area contributed by atoms with Gasteiger partial charge in [0.2, 0.25) is 0 Å². The van der Waals surface area contributed by atoms with Crippen LogP contribution >= 0.6 is 0 Å². The normalized spacial score (nSPS) is 46.2. The molecule has 154 valence electrons. The van der Waals surface area contributed by atoms with Crippen LogP contribution in [0.2, 0.25) is 0 Å². The fourth-order valence-corrected chi connectivity index (χ4v) is 7.44. The minimum absolute atomic E-state index is 0.0281. The van der Waals surface area contributed by atoms with Crippen molar-refractivity contribution in [1.82, 2.24) is 0 Å². The van der Waals surface area contributed by atoms with Crippen molar-refractivity contribution in [2.75, 3.05) is 7.11 Å². The molecule has 28 heavy (non-hydrogen) atoms. The number of rotatable bonds is 2. The van der Waals surface area contributed by atoms with Gasteiger partial charge in [-0.2, -0.15) is 0 Å². The number of hydrogen-bond acceptors (Lipinski definition) is 5. The van der Waals surface area contributed by atoms with Crippen LogP contribution in [0.4, 0.5) is 0 Å². The number of Topliss-reactive ketones (excluding diaryl/α,β-unsaturated/α-hetero) is 1. The Morgan fingerprint density at radius 2 is 1.89 bits per heavy atom. The maximum atomic E-state index is 13.6. The topological polar surface area (TPSA) is 80.7 Å². The highest BCUT2D eigenvalue weighted by molar-refractivity contribution is 5.92. The summed E-state index contributed by atoms with van der Waals surface area (Å²) in [5.74, 6) is -0.306. The summed E-state index contributed by atoms with van der Waals surface area (Å²) in [5.41, 5.74) is -1.17. The molecule has 0 heterocycles. The molecule has 7 atom stereocenters. The molecule has 0 amide bonds. The Labute approximate surface area is 166 Å². The van der Waals surface area contributed by atoms with Crippen molar-refractivity contribution in [2.45, 2.75) is 71.3 Å². The van der Waals surface area contributed by atoms with Crippen LogP contribution in [-0.4, -0.2) is 35.4 Å². The molecule has 4 aliphatic rings. The monoisotopic (exact) mass is 388 g/mol. The number of ether oxygens (including phenoxy) is 1. The maximum Gasteiger partial charge on any atom is 0.308 e. The number of fused-ring (bicyclic) bond motifs is 5. The van der Waals surface area contributed by atoms with Crippen LogP contribution in [0, 0.1) is 34.5 Å². The summed E-state index contributed by atoms with van der Waals surface area (Å²) in [6.45, 7) is 5.94. The second-order valence-electron chi connectivity index (χ2n) is 10.0. The third-order valence-corrected chi connectivity index (χ3v) is 9.23. The van der Waals surface area contributed by atoms with Gasteiger partial charge in [0, 0.05) is 23.7 Å². The van der Waals surface area contributed by atoms with Gasteiger partial charge in [-0.3, -0.25) is 14.4 Å². The van der Waals surface area contributed by atoms with Crippen LogP contribution in [0.3, 0.4) is 0 Å². The predicted molar refractivity (Wildman–Crippen MR) is 103 cm³/mol. The molecule has 0 aromatic heterocycles. The molecule has 4 aliphatic carbocycles. The van der Waals surface area contributed by atoms with Crippen LogP contribution in [0.1, 0.15) is 65.7 Å². The molecule has 0 saturated heterocycles. The number of carbonyl (C=O) groups is 3. The van der Waals surface area contributed by atoms with Crippen molar-refractivity contribution in [3.05, 3.63) is 11.6 Å². The third kappa shape index (κ3) is 2.31. The number of ketones is 2. The molecule has 5 nitrogen and oxygen atoms in total. The van der Waals surface area contributed by atoms with Gasteiger partial charge in [-0.25, -0.2) is 0 Å². The molecule has 4 rings (SSSR count). The molecule has 0 spiro atoms. The summed E-state index contributed by atoms with van der Waals surface area (Å²) in [6, 6.07) is 0. The van der Waals surface area contributed by atoms with Crippen LogP contribution < -0.4 is 0 Å². The molecule has 0 aliphatic heterocycles. The fourth-order valence-electron chi connectivity index (χ4n) is 7.44. The van der Waals surface area contributed by atoms with Gasteiger partial charge in [0.15, 0.2) is 5.78 Å². The minimum atomic E-state index is -1.09. The zero-order valence-corrected chi connectivity index (χ0v) is 17.4. The standard InChI is InChI=1S/C23H32O5/c1-13(20(26)28-4)16-7-8-17-18-6-5-14-11-15(24)9-10-21(14,2)23(18,27)12-19(25)22(16,17)3/h11,13,16-18,27H,5-10,12H2,1-4H3/t13-,16+,17-,18-,21-,22+,23+/m0/s1. The van der Waals surface area contributed by atoms with E-state index in [1.165, 1.54) is 7.11 Å². The number of methoxy groups -OCH3 is 1. The summed E-state index contributed by atoms with van der Waals surface area (Å²) in [4.78, 5) is 37.7. The Balaban J connectivity index is 1.73. The van der Waals surface area contributed by atoms with Gasteiger partial charge in [-0.1, -0.05) is 26.3 Å². The Hall–Kier alpha value is -1.49. The average molecular weight is 389 g/mol. The molecular weight excluding hydrogens is 356 g/mol. The molecule has 0 aromatic carbocycles. The third-order valence-electron chi connectivity index (χ3n) is 9.23. The highest BCUT2D eigenvalue weighted by Crippen LogP contribution is 2.67. The summed E-state index contributed by atoms with van der Waals surface area (Å²) in [5, 5.41) is 12.0. The number of carbonyl (C=O) groups excluding carboxylic acids is 3. The first-order valence-corrected chi connectivity index (χ1v) is 10.7. The van der Waals surface area contributed by atoms with E-state index >= 15 is 0 Å². The molecule has 0 radical (unpaired) electrons. The molecule has 5 heteroatoms. The summed E-state index contributed by atoms with van der Waals surface area (Å²) < 4.78 is 4.97. The minimum Gasteiger partial charge on any atom is -0.469 e. The van der Waals surface area contributed by atoms with E-state index in [0.717, 1.165) is 31.3 Å². The van der Waals surface area contributed by atoms with Crippen LogP contribution in [0.5, 0.6) is 0 Å². The van der Waals surface area contributed by atoms with Gasteiger partial charge in [0.05, 0.1) is 18.6 Å². The van der Waals surface area contributed by atoms with E-state index in [0.29, 0.717) is 12.8 Å². The lowest BCUT2D eigenvalue weighted by molar-refractivity contribution is -0.195. The molecular formula is C23H32O5. The van der Waals surface area contributed by atoms with Gasteiger partial charge in [0.25, 0.3) is 0 Å². The zero-order chi connectivity index (χ0) is 20.5. The molecule has 3 saturated carbocycles. The number of esters is 1. The molecule has 0 aromatic rings. The SMILES string of the molecule is COC(=O)[C@@H](C)[C@H]1CC[C@H]2[C@@H]3CCC4=CC(=O)CC[C@]4(C)[C@@]3(O)CC(=O)[C@]12C. The highest BCUT2D eigenvalue weighted by Gasteiger charge is 2.69. The molecule has 1 N–H and O–H groups in total. The lowest BCUT2D eigenvalue weighted by Gasteiger charge is -2.62. The Kier molecular flexibility index (Phi) is 4.42. The van der Waals surface area contributed by atoms with E-state index in [2.05, 4.69) is 6.92 Å². The van der Waals surface area contributed by atoms with E-state index in [-0.39, 0.29) is 47.6 Å². The molecule has 0 unspecified atom stereocenters. The Morgan fingerprint density at radius 3 is 2.57 bits per heavy atom. The maximum absolute atomic E-state index is 13.6. The van der Waals surface area contributed by atoms with Crippen LogP contribution in [-0.2, 0) is 19.1 Å². The quantitative estimate of drug-likeness (QED) is 0.735. The van der Waals surface area contributed by atoms with E-state index in [9.17, 15) is 19.5 Å². The lowest BCUT2D eigenvalue weighted by atomic mass is 9.44. The van der Waals surface area contributed by atoms with E-state index in [1.54, 1.807) is 6.08 Å². The van der Waals surface area contributed by atoms with Gasteiger partial charge in [0.1, 0.15) is 5.78 Å². The van der Waals surface area contributed by atoms with Gasteiger partial charge >= 0.3 is 5.97 Å². The first kappa shape index (κ1) is 19.8. The zero-order valence-electron chi connectivity index (χ0n) is 17.4. The molecule has 3 fully saturated rings. The Bertz CT molecular complexity index is 769. The Morgan fingerprint density at radius 1 is 1.18 bits per heavy atom. The van der Waals surface area contributed by atoms with Crippen molar-refractivity contribution in [1.29, 1.82) is 0 Å². The second kappa shape index (κ2) is 6.25. The molecule has 0 bridgehead atoms. The lowest BCUT2D eigenvalue weighted by Crippen LogP contribution is -2.66. The first-order chi connectivity index (χ1) is 13.1. The number of aliphatic hydroxyl groups is 1. The van der Waals surface area contributed by atoms with Gasteiger partial charge < -0.3 is 9.84 Å². The van der Waals surface area contributed by atoms with Crippen LogP contribution in [0.15, 0.2) is 11.6 Å². The second-order valence-corrected chi connectivity index (χ2v) is 10.0. The predicted octanol–water partition coefficient (Wildman–Crippen LogP) is 3.24. The van der Waals surface area contributed by atoms with Crippen molar-refractivity contribution in [3.63, 3.8) is 0 Å². The summed E-state index contributed by atoms with van der Waals surface area (Å²) >= 11 is 0. The van der Waals surface area contributed by atoms with Crippen molar-refractivity contribution >= 4 is 17.5 Å². The van der Waals surface area contributed by atoms with Crippen molar-refractivity contribution < 1.29 is 24.2 Å². The largest absolute Gasteiger partial charge is 0.469 e. The van der Waals surface area contributed by atoms with Crippen LogP contribution in [0.25, 0.3) is 0 Å². The van der Waals surface area contributed by atoms with Gasteiger partial charge in [-0.15, -0.1) is 0 Å². The smallest absolute Gasteiger partial charge is 0.308 e. The van der Waals surface area contributed by atoms with E-state index < -0.39 is 16.4 Å². The highest BCUT2D eigenvalue weighted by atomic mass is 16.5. The number of hydrogen-bond donors (Lipinski definition) is 1. The van der Waals surface area contributed by atoms with Crippen molar-refractivity contribution in [3.8, 4) is 0 Å². The summed E-state index contributed by atoms with van der Waals surface area (Å²) in [6.07, 6.45) is 6.19. The average Bonchev–Trinajstić information content (AvgIpc) is 3.01. The van der Waals surface area contributed by atoms with Gasteiger partial charge in [-0.05, 0) is 55.9 Å². The van der Waals surface area contributed by atoms with Crippen molar-refractivity contribution in [2.24, 2.45) is 34.5 Å². The fraction of sp³-hybridized carbons (Fsp3) is 0.783. The van der Waals surface area contributed by atoms with E-state index in [4.69, 9.17) is 4.74 Å². The first-order valence-electron chi connectivity index (χ1n) is 10.7.